The zero-order valence-corrected chi connectivity index (χ0v) is 16.1. The molecule has 2 aromatic carbocycles. The van der Waals surface area contributed by atoms with Gasteiger partial charge in [0.15, 0.2) is 11.5 Å². The standard InChI is InChI=1S/C22H23N5O2/c1-2-12-27(11-1)18-6-4-17(5-7-18)25-21-9-10-23-22(26-21)24-14-16-3-8-19-20(13-16)29-15-28-19/h3-10,13H,1-2,11-12,14-15H2,(H2,23,24,25,26). The maximum Gasteiger partial charge on any atom is 0.231 e. The highest BCUT2D eigenvalue weighted by Crippen LogP contribution is 2.32. The third-order valence-electron chi connectivity index (χ3n) is 5.15. The molecule has 0 radical (unpaired) electrons. The molecule has 148 valence electrons. The second-order valence-electron chi connectivity index (χ2n) is 7.17. The van der Waals surface area contributed by atoms with Crippen LogP contribution in [0.1, 0.15) is 18.4 Å². The van der Waals surface area contributed by atoms with Crippen molar-refractivity contribution in [2.45, 2.75) is 19.4 Å². The lowest BCUT2D eigenvalue weighted by molar-refractivity contribution is 0.174. The molecule has 1 saturated heterocycles. The number of ether oxygens (including phenoxy) is 2. The van der Waals surface area contributed by atoms with Crippen molar-refractivity contribution in [3.05, 3.63) is 60.3 Å². The summed E-state index contributed by atoms with van der Waals surface area (Å²) in [5, 5.41) is 6.61. The molecule has 0 spiro atoms. The first-order valence-electron chi connectivity index (χ1n) is 9.91. The molecule has 1 fully saturated rings. The average molecular weight is 389 g/mol. The number of rotatable bonds is 6. The fraction of sp³-hybridized carbons (Fsp3) is 0.273. The maximum atomic E-state index is 5.42. The van der Waals surface area contributed by atoms with Gasteiger partial charge in [0.05, 0.1) is 0 Å². The van der Waals surface area contributed by atoms with Crippen molar-refractivity contribution in [2.75, 3.05) is 35.4 Å². The molecule has 2 N–H and O–H groups in total. The third kappa shape index (κ3) is 4.03. The van der Waals surface area contributed by atoms with E-state index in [1.54, 1.807) is 6.20 Å². The quantitative estimate of drug-likeness (QED) is 0.656. The molecule has 0 aliphatic carbocycles. The van der Waals surface area contributed by atoms with E-state index in [1.807, 2.05) is 24.3 Å². The van der Waals surface area contributed by atoms with Crippen molar-refractivity contribution >= 4 is 23.1 Å². The van der Waals surface area contributed by atoms with Gasteiger partial charge in [0.2, 0.25) is 12.7 Å². The highest BCUT2D eigenvalue weighted by Gasteiger charge is 2.13. The van der Waals surface area contributed by atoms with Crippen LogP contribution in [0.2, 0.25) is 0 Å². The van der Waals surface area contributed by atoms with Crippen molar-refractivity contribution < 1.29 is 9.47 Å². The summed E-state index contributed by atoms with van der Waals surface area (Å²) in [4.78, 5) is 11.3. The van der Waals surface area contributed by atoms with Gasteiger partial charge in [0, 0.05) is 37.2 Å². The van der Waals surface area contributed by atoms with Crippen molar-refractivity contribution in [3.63, 3.8) is 0 Å². The summed E-state index contributed by atoms with van der Waals surface area (Å²) in [7, 11) is 0. The predicted molar refractivity (Wildman–Crippen MR) is 113 cm³/mol. The first-order chi connectivity index (χ1) is 14.3. The summed E-state index contributed by atoms with van der Waals surface area (Å²) >= 11 is 0. The largest absolute Gasteiger partial charge is 0.454 e. The van der Waals surface area contributed by atoms with Crippen LogP contribution in [0.25, 0.3) is 0 Å². The maximum absolute atomic E-state index is 5.42. The average Bonchev–Trinajstić information content (AvgIpc) is 3.45. The Morgan fingerprint density at radius 1 is 0.931 bits per heavy atom. The van der Waals surface area contributed by atoms with Crippen LogP contribution in [0.15, 0.2) is 54.7 Å². The molecule has 0 amide bonds. The van der Waals surface area contributed by atoms with Crippen molar-refractivity contribution in [3.8, 4) is 11.5 Å². The van der Waals surface area contributed by atoms with Gasteiger partial charge in [0.25, 0.3) is 0 Å². The van der Waals surface area contributed by atoms with Crippen molar-refractivity contribution in [2.24, 2.45) is 0 Å². The van der Waals surface area contributed by atoms with E-state index in [2.05, 4.69) is 49.8 Å². The molecule has 2 aliphatic heterocycles. The number of benzene rings is 2. The van der Waals surface area contributed by atoms with Gasteiger partial charge < -0.3 is 25.0 Å². The van der Waals surface area contributed by atoms with Crippen LogP contribution >= 0.6 is 0 Å². The Kier molecular flexibility index (Phi) is 4.78. The number of aromatic nitrogens is 2. The Labute approximate surface area is 169 Å². The van der Waals surface area contributed by atoms with E-state index >= 15 is 0 Å². The summed E-state index contributed by atoms with van der Waals surface area (Å²) in [6.07, 6.45) is 4.31. The molecule has 1 aromatic heterocycles. The molecular formula is C22H23N5O2. The smallest absolute Gasteiger partial charge is 0.231 e. The monoisotopic (exact) mass is 389 g/mol. The van der Waals surface area contributed by atoms with E-state index in [0.717, 1.165) is 41.7 Å². The molecule has 0 unspecified atom stereocenters. The van der Waals surface area contributed by atoms with E-state index in [9.17, 15) is 0 Å². The van der Waals surface area contributed by atoms with E-state index in [1.165, 1.54) is 18.5 Å². The Morgan fingerprint density at radius 3 is 2.62 bits per heavy atom. The van der Waals surface area contributed by atoms with Crippen LogP contribution in [-0.2, 0) is 6.54 Å². The van der Waals surface area contributed by atoms with Crippen LogP contribution in [0.3, 0.4) is 0 Å². The minimum Gasteiger partial charge on any atom is -0.454 e. The summed E-state index contributed by atoms with van der Waals surface area (Å²) in [6.45, 7) is 3.18. The van der Waals surface area contributed by atoms with Gasteiger partial charge in [-0.25, -0.2) is 4.98 Å². The lowest BCUT2D eigenvalue weighted by Crippen LogP contribution is -2.17. The van der Waals surface area contributed by atoms with E-state index in [-0.39, 0.29) is 6.79 Å². The number of nitrogens with zero attached hydrogens (tertiary/aromatic N) is 3. The van der Waals surface area contributed by atoms with Gasteiger partial charge in [-0.1, -0.05) is 6.07 Å². The molecule has 3 heterocycles. The molecule has 0 bridgehead atoms. The summed E-state index contributed by atoms with van der Waals surface area (Å²) in [5.74, 6) is 2.88. The minimum atomic E-state index is 0.280. The Morgan fingerprint density at radius 2 is 1.76 bits per heavy atom. The van der Waals surface area contributed by atoms with Crippen molar-refractivity contribution in [1.82, 2.24) is 9.97 Å². The minimum absolute atomic E-state index is 0.280. The van der Waals surface area contributed by atoms with E-state index in [4.69, 9.17) is 9.47 Å². The van der Waals surface area contributed by atoms with Crippen molar-refractivity contribution in [1.29, 1.82) is 0 Å². The first-order valence-corrected chi connectivity index (χ1v) is 9.91. The van der Waals surface area contributed by atoms with Gasteiger partial charge in [-0.15, -0.1) is 0 Å². The molecule has 3 aromatic rings. The number of anilines is 4. The van der Waals surface area contributed by atoms with Gasteiger partial charge in [-0.3, -0.25) is 0 Å². The molecule has 0 saturated carbocycles. The summed E-state index contributed by atoms with van der Waals surface area (Å²) in [5.41, 5.74) is 3.36. The van der Waals surface area contributed by atoms with Crippen LogP contribution in [-0.4, -0.2) is 29.9 Å². The second kappa shape index (κ2) is 7.87. The number of hydrogen-bond acceptors (Lipinski definition) is 7. The van der Waals surface area contributed by atoms with Gasteiger partial charge in [-0.2, -0.15) is 4.98 Å². The van der Waals surface area contributed by atoms with Crippen LogP contribution in [0, 0.1) is 0 Å². The number of hydrogen-bond donors (Lipinski definition) is 2. The Hall–Kier alpha value is -3.48. The lowest BCUT2D eigenvalue weighted by Gasteiger charge is -2.18. The predicted octanol–water partition coefficient (Wildman–Crippen LogP) is 4.16. The molecule has 7 heteroatoms. The molecule has 2 aliphatic rings. The summed E-state index contributed by atoms with van der Waals surface area (Å²) < 4.78 is 10.8. The third-order valence-corrected chi connectivity index (χ3v) is 5.15. The zero-order chi connectivity index (χ0) is 19.5. The fourth-order valence-corrected chi connectivity index (χ4v) is 3.62. The second-order valence-corrected chi connectivity index (χ2v) is 7.17. The Bertz CT molecular complexity index is 987. The van der Waals surface area contributed by atoms with Crippen LogP contribution < -0.4 is 25.0 Å². The van der Waals surface area contributed by atoms with E-state index in [0.29, 0.717) is 12.5 Å². The molecule has 29 heavy (non-hydrogen) atoms. The SMILES string of the molecule is c1cc(Nc2ccc(N3CCCC3)cc2)nc(NCc2ccc3c(c2)OCO3)n1. The Balaban J connectivity index is 1.21. The van der Waals surface area contributed by atoms with Crippen LogP contribution in [0.4, 0.5) is 23.1 Å². The lowest BCUT2D eigenvalue weighted by atomic mass is 10.2. The number of fused-ring (bicyclic) bond motifs is 1. The molecule has 0 atom stereocenters. The zero-order valence-electron chi connectivity index (χ0n) is 16.1. The summed E-state index contributed by atoms with van der Waals surface area (Å²) in [6, 6.07) is 16.3. The van der Waals surface area contributed by atoms with Crippen LogP contribution in [0.5, 0.6) is 11.5 Å². The molecular weight excluding hydrogens is 366 g/mol. The van der Waals surface area contributed by atoms with Gasteiger partial charge in [-0.05, 0) is 60.9 Å². The number of nitrogens with one attached hydrogen (secondary N) is 2. The van der Waals surface area contributed by atoms with E-state index < -0.39 is 0 Å². The van der Waals surface area contributed by atoms with Gasteiger partial charge in [0.1, 0.15) is 5.82 Å². The van der Waals surface area contributed by atoms with Gasteiger partial charge >= 0.3 is 0 Å². The topological polar surface area (TPSA) is 71.5 Å². The normalized spacial score (nSPS) is 14.8. The fourth-order valence-electron chi connectivity index (χ4n) is 3.62. The highest BCUT2D eigenvalue weighted by molar-refractivity contribution is 5.61. The molecule has 5 rings (SSSR count). The first kappa shape index (κ1) is 17.6. The molecule has 7 nitrogen and oxygen atoms in total. The highest BCUT2D eigenvalue weighted by atomic mass is 16.7.